The molecule has 0 aliphatic heterocycles. The largest absolute Gasteiger partial charge is 0.423 e. The van der Waals surface area contributed by atoms with E-state index in [0.717, 1.165) is 22.4 Å². The van der Waals surface area contributed by atoms with E-state index in [-0.39, 0.29) is 4.90 Å². The number of carbonyl (C=O) groups excluding carboxylic acids is 1. The van der Waals surface area contributed by atoms with Gasteiger partial charge in [0.25, 0.3) is 10.0 Å². The van der Waals surface area contributed by atoms with E-state index in [1.54, 1.807) is 54.6 Å². The summed E-state index contributed by atoms with van der Waals surface area (Å²) in [5.74, 6) is -0.225. The van der Waals surface area contributed by atoms with Crippen LogP contribution >= 0.6 is 0 Å². The lowest BCUT2D eigenvalue weighted by Crippen LogP contribution is -2.18. The Morgan fingerprint density at radius 2 is 1.32 bits per heavy atom. The van der Waals surface area contributed by atoms with Crippen molar-refractivity contribution in [3.8, 4) is 28.3 Å². The highest BCUT2D eigenvalue weighted by molar-refractivity contribution is 7.89. The van der Waals surface area contributed by atoms with Crippen LogP contribution in [0.3, 0.4) is 0 Å². The van der Waals surface area contributed by atoms with Crippen LogP contribution in [0, 0.1) is 6.92 Å². The third-order valence-electron chi connectivity index (χ3n) is 6.80. The molecule has 5 aromatic carbocycles. The standard InChI is InChI=1S/C35H26N4O4S/c1-24-12-19-30(20-13-24)44(41,42)39-36-23-25-14-17-29(18-15-25)43-35(40)28-16-21-31-32(22-28)38-34(27-10-6-3-7-11-27)33(37-31)26-8-4-2-5-9-26/h2-23,39H,1H3/b36-23-. The molecule has 0 amide bonds. The second-order valence-electron chi connectivity index (χ2n) is 9.98. The van der Waals surface area contributed by atoms with Gasteiger partial charge in [-0.2, -0.15) is 13.5 Å². The lowest BCUT2D eigenvalue weighted by atomic mass is 10.0. The molecule has 0 aliphatic rings. The number of aromatic nitrogens is 2. The van der Waals surface area contributed by atoms with Gasteiger partial charge in [-0.1, -0.05) is 78.4 Å². The number of hydrogen-bond donors (Lipinski definition) is 1. The summed E-state index contributed by atoms with van der Waals surface area (Å²) in [6, 6.07) is 37.8. The molecule has 9 heteroatoms. The highest BCUT2D eigenvalue weighted by Gasteiger charge is 2.16. The van der Waals surface area contributed by atoms with Crippen LogP contribution in [0.2, 0.25) is 0 Å². The second-order valence-corrected chi connectivity index (χ2v) is 11.6. The number of esters is 1. The molecule has 1 N–H and O–H groups in total. The molecule has 6 aromatic rings. The zero-order chi connectivity index (χ0) is 30.5. The highest BCUT2D eigenvalue weighted by Crippen LogP contribution is 2.31. The molecule has 0 unspecified atom stereocenters. The average Bonchev–Trinajstić information content (AvgIpc) is 3.05. The Hall–Kier alpha value is -5.67. The number of nitrogens with zero attached hydrogens (tertiary/aromatic N) is 3. The molecule has 0 saturated heterocycles. The van der Waals surface area contributed by atoms with Crippen molar-refractivity contribution >= 4 is 33.2 Å². The molecule has 0 saturated carbocycles. The summed E-state index contributed by atoms with van der Waals surface area (Å²) in [6.07, 6.45) is 1.37. The van der Waals surface area contributed by atoms with Gasteiger partial charge in [-0.25, -0.2) is 19.6 Å². The first-order chi connectivity index (χ1) is 21.4. The number of benzene rings is 5. The van der Waals surface area contributed by atoms with E-state index in [0.29, 0.717) is 33.6 Å². The van der Waals surface area contributed by atoms with Gasteiger partial charge in [0, 0.05) is 11.1 Å². The molecule has 6 rings (SSSR count). The number of hydrazone groups is 1. The van der Waals surface area contributed by atoms with Crippen molar-refractivity contribution in [3.63, 3.8) is 0 Å². The summed E-state index contributed by atoms with van der Waals surface area (Å²) in [5.41, 5.74) is 6.45. The predicted octanol–water partition coefficient (Wildman–Crippen LogP) is 6.80. The van der Waals surface area contributed by atoms with Crippen molar-refractivity contribution in [3.05, 3.63) is 144 Å². The van der Waals surface area contributed by atoms with Crippen molar-refractivity contribution in [2.24, 2.45) is 5.10 Å². The third-order valence-corrected chi connectivity index (χ3v) is 8.04. The van der Waals surface area contributed by atoms with Crippen LogP contribution < -0.4 is 9.57 Å². The predicted molar refractivity (Wildman–Crippen MR) is 171 cm³/mol. The number of hydrogen-bond acceptors (Lipinski definition) is 7. The molecular weight excluding hydrogens is 572 g/mol. The molecule has 216 valence electrons. The SMILES string of the molecule is Cc1ccc(S(=O)(=O)N/N=C\c2ccc(OC(=O)c3ccc4nc(-c5ccccc5)c(-c5ccccc5)nc4c3)cc2)cc1. The zero-order valence-electron chi connectivity index (χ0n) is 23.6. The minimum atomic E-state index is -3.78. The van der Waals surface area contributed by atoms with Crippen LogP contribution in [0.5, 0.6) is 5.75 Å². The fourth-order valence-corrected chi connectivity index (χ4v) is 5.30. The fourth-order valence-electron chi connectivity index (χ4n) is 4.50. The quantitative estimate of drug-likeness (QED) is 0.0893. The molecule has 8 nitrogen and oxygen atoms in total. The molecule has 44 heavy (non-hydrogen) atoms. The monoisotopic (exact) mass is 598 g/mol. The molecule has 1 heterocycles. The molecule has 0 bridgehead atoms. The first kappa shape index (κ1) is 28.4. The van der Waals surface area contributed by atoms with E-state index in [1.165, 1.54) is 18.3 Å². The van der Waals surface area contributed by atoms with E-state index in [1.807, 2.05) is 67.6 Å². The van der Waals surface area contributed by atoms with E-state index < -0.39 is 16.0 Å². The van der Waals surface area contributed by atoms with Gasteiger partial charge in [-0.05, 0) is 67.1 Å². The van der Waals surface area contributed by atoms with Crippen LogP contribution in [0.15, 0.2) is 137 Å². The van der Waals surface area contributed by atoms with E-state index >= 15 is 0 Å². The molecule has 0 atom stereocenters. The number of carbonyl (C=O) groups is 1. The van der Waals surface area contributed by atoms with Crippen molar-refractivity contribution in [2.75, 3.05) is 0 Å². The van der Waals surface area contributed by atoms with Crippen LogP contribution in [0.4, 0.5) is 0 Å². The van der Waals surface area contributed by atoms with Crippen molar-refractivity contribution in [1.29, 1.82) is 0 Å². The maximum atomic E-state index is 13.1. The van der Waals surface area contributed by atoms with Gasteiger partial charge in [0.2, 0.25) is 0 Å². The summed E-state index contributed by atoms with van der Waals surface area (Å²) < 4.78 is 30.4. The third kappa shape index (κ3) is 6.38. The maximum absolute atomic E-state index is 13.1. The summed E-state index contributed by atoms with van der Waals surface area (Å²) in [7, 11) is -3.78. The molecule has 0 aliphatic carbocycles. The Morgan fingerprint density at radius 3 is 1.93 bits per heavy atom. The van der Waals surface area contributed by atoms with Gasteiger partial charge in [0.1, 0.15) is 5.75 Å². The number of ether oxygens (including phenoxy) is 1. The fraction of sp³-hybridized carbons (Fsp3) is 0.0286. The normalized spacial score (nSPS) is 11.5. The summed E-state index contributed by atoms with van der Waals surface area (Å²) >= 11 is 0. The molecule has 1 aromatic heterocycles. The van der Waals surface area contributed by atoms with Crippen molar-refractivity contribution in [2.45, 2.75) is 11.8 Å². The first-order valence-electron chi connectivity index (χ1n) is 13.7. The van der Waals surface area contributed by atoms with Crippen molar-refractivity contribution < 1.29 is 17.9 Å². The topological polar surface area (TPSA) is 111 Å². The number of fused-ring (bicyclic) bond motifs is 1. The molecule has 0 radical (unpaired) electrons. The summed E-state index contributed by atoms with van der Waals surface area (Å²) in [6.45, 7) is 1.88. The summed E-state index contributed by atoms with van der Waals surface area (Å²) in [4.78, 5) is 25.2. The van der Waals surface area contributed by atoms with Gasteiger partial charge >= 0.3 is 5.97 Å². The van der Waals surface area contributed by atoms with Gasteiger partial charge in [0.15, 0.2) is 0 Å². The highest BCUT2D eigenvalue weighted by atomic mass is 32.2. The molecule has 0 spiro atoms. The van der Waals surface area contributed by atoms with E-state index in [2.05, 4.69) is 9.93 Å². The second kappa shape index (κ2) is 12.3. The zero-order valence-corrected chi connectivity index (χ0v) is 24.4. The van der Waals surface area contributed by atoms with Gasteiger partial charge in [-0.3, -0.25) is 0 Å². The smallest absolute Gasteiger partial charge is 0.343 e. The van der Waals surface area contributed by atoms with Gasteiger partial charge in [0.05, 0.1) is 39.1 Å². The minimum absolute atomic E-state index is 0.120. The molecular formula is C35H26N4O4S. The molecule has 0 fully saturated rings. The Kier molecular flexibility index (Phi) is 7.94. The van der Waals surface area contributed by atoms with Crippen LogP contribution in [0.25, 0.3) is 33.5 Å². The Bertz CT molecular complexity index is 2080. The number of rotatable bonds is 8. The minimum Gasteiger partial charge on any atom is -0.423 e. The van der Waals surface area contributed by atoms with E-state index in [4.69, 9.17) is 14.7 Å². The lowest BCUT2D eigenvalue weighted by molar-refractivity contribution is 0.0735. The Morgan fingerprint density at radius 1 is 0.727 bits per heavy atom. The summed E-state index contributed by atoms with van der Waals surface area (Å²) in [5, 5.41) is 3.85. The van der Waals surface area contributed by atoms with Crippen LogP contribution in [-0.2, 0) is 10.0 Å². The maximum Gasteiger partial charge on any atom is 0.343 e. The van der Waals surface area contributed by atoms with E-state index in [9.17, 15) is 13.2 Å². The van der Waals surface area contributed by atoms with Gasteiger partial charge in [-0.15, -0.1) is 0 Å². The average molecular weight is 599 g/mol. The van der Waals surface area contributed by atoms with Crippen molar-refractivity contribution in [1.82, 2.24) is 14.8 Å². The first-order valence-corrected chi connectivity index (χ1v) is 15.2. The Balaban J connectivity index is 1.19. The lowest BCUT2D eigenvalue weighted by Gasteiger charge is -2.11. The number of aryl methyl sites for hydroxylation is 1. The number of sulfonamides is 1. The van der Waals surface area contributed by atoms with Gasteiger partial charge < -0.3 is 4.74 Å². The number of nitrogens with one attached hydrogen (secondary N) is 1. The van der Waals surface area contributed by atoms with Crippen LogP contribution in [-0.4, -0.2) is 30.6 Å². The Labute approximate surface area is 254 Å². The van der Waals surface area contributed by atoms with Crippen LogP contribution in [0.1, 0.15) is 21.5 Å².